The van der Waals surface area contributed by atoms with E-state index in [0.29, 0.717) is 24.4 Å². The number of hydrogen-bond donors (Lipinski definition) is 3. The van der Waals surface area contributed by atoms with Gasteiger partial charge >= 0.3 is 5.97 Å². The molecule has 3 fully saturated rings. The van der Waals surface area contributed by atoms with Gasteiger partial charge in [0, 0.05) is 25.5 Å². The number of sulfonamides is 1. The first kappa shape index (κ1) is 32.2. The van der Waals surface area contributed by atoms with Gasteiger partial charge in [0.1, 0.15) is 23.7 Å². The number of allylic oxidation sites excluding steroid dienone is 1. The number of thiazole rings is 1. The van der Waals surface area contributed by atoms with Crippen molar-refractivity contribution in [1.82, 2.24) is 19.9 Å². The number of rotatable bonds is 7. The normalized spacial score (nSPS) is 29.3. The summed E-state index contributed by atoms with van der Waals surface area (Å²) in [6.07, 6.45) is 9.90. The largest absolute Gasteiger partial charge is 0.461 e. The number of fused-ring (bicyclic) bond motifs is 2. The molecule has 6 rings (SSSR count). The fourth-order valence-corrected chi connectivity index (χ4v) is 8.55. The molecule has 5 atom stereocenters. The minimum atomic E-state index is -3.84. The van der Waals surface area contributed by atoms with E-state index in [-0.39, 0.29) is 31.2 Å². The topological polar surface area (TPSA) is 164 Å². The van der Waals surface area contributed by atoms with E-state index in [9.17, 15) is 27.6 Å². The summed E-state index contributed by atoms with van der Waals surface area (Å²) in [6, 6.07) is 8.08. The van der Waals surface area contributed by atoms with Gasteiger partial charge in [0.05, 0.1) is 16.7 Å². The molecule has 3 amide bonds. The Labute approximate surface area is 272 Å². The van der Waals surface area contributed by atoms with Gasteiger partial charge in [-0.2, -0.15) is 0 Å². The van der Waals surface area contributed by atoms with Crippen LogP contribution in [0.1, 0.15) is 64.7 Å². The number of esters is 1. The maximum absolute atomic E-state index is 14.2. The summed E-state index contributed by atoms with van der Waals surface area (Å²) < 4.78 is 33.0. The Bertz CT molecular complexity index is 1620. The molecule has 2 aromatic rings. The van der Waals surface area contributed by atoms with E-state index in [0.717, 1.165) is 36.1 Å². The summed E-state index contributed by atoms with van der Waals surface area (Å²) in [5.74, 6) is -2.60. The number of nitrogens with one attached hydrogen (secondary N) is 3. The zero-order chi connectivity index (χ0) is 32.5. The fourth-order valence-electron chi connectivity index (χ4n) is 6.31. The maximum atomic E-state index is 14.2. The van der Waals surface area contributed by atoms with Crippen molar-refractivity contribution in [2.24, 2.45) is 5.92 Å². The van der Waals surface area contributed by atoms with Gasteiger partial charge in [-0.3, -0.25) is 23.9 Å². The summed E-state index contributed by atoms with van der Waals surface area (Å²) in [5.41, 5.74) is -0.438. The molecule has 0 spiro atoms. The second-order valence-corrected chi connectivity index (χ2v) is 15.6. The number of carbonyl (C=O) groups excluding carboxylic acids is 4. The molecule has 14 heteroatoms. The van der Waals surface area contributed by atoms with Crippen molar-refractivity contribution in [2.45, 2.75) is 93.7 Å². The molecule has 0 bridgehead atoms. The summed E-state index contributed by atoms with van der Waals surface area (Å²) in [4.78, 5) is 60.4. The molecule has 3 heterocycles. The third-order valence-electron chi connectivity index (χ3n) is 9.04. The monoisotopic (exact) mass is 669 g/mol. The minimum Gasteiger partial charge on any atom is -0.461 e. The lowest BCUT2D eigenvalue weighted by atomic mass is 10.1. The maximum Gasteiger partial charge on any atom is 0.302 e. The molecule has 3 N–H and O–H groups in total. The molecule has 1 saturated heterocycles. The van der Waals surface area contributed by atoms with Crippen molar-refractivity contribution in [3.63, 3.8) is 0 Å². The highest BCUT2D eigenvalue weighted by atomic mass is 32.2. The van der Waals surface area contributed by atoms with E-state index >= 15 is 0 Å². The molecule has 46 heavy (non-hydrogen) atoms. The van der Waals surface area contributed by atoms with Crippen LogP contribution in [0.5, 0.6) is 0 Å². The van der Waals surface area contributed by atoms with Gasteiger partial charge in [-0.25, -0.2) is 13.4 Å². The highest BCUT2D eigenvalue weighted by Crippen LogP contribution is 2.46. The molecule has 246 valence electrons. The molecule has 2 saturated carbocycles. The number of anilines is 1. The molecule has 0 unspecified atom stereocenters. The predicted molar refractivity (Wildman–Crippen MR) is 172 cm³/mol. The molecule has 12 nitrogen and oxygen atoms in total. The molecule has 1 aromatic carbocycles. The number of benzene rings is 1. The van der Waals surface area contributed by atoms with Crippen LogP contribution >= 0.6 is 11.3 Å². The Kier molecular flexibility index (Phi) is 9.19. The lowest BCUT2D eigenvalue weighted by Crippen LogP contribution is -2.57. The molecule has 1 aromatic heterocycles. The highest BCUT2D eigenvalue weighted by molar-refractivity contribution is 7.91. The first-order chi connectivity index (χ1) is 22.1. The summed E-state index contributed by atoms with van der Waals surface area (Å²) in [6.45, 7) is 1.29. The van der Waals surface area contributed by atoms with Crippen LogP contribution in [0.15, 0.2) is 48.7 Å². The Morgan fingerprint density at radius 3 is 2.63 bits per heavy atom. The smallest absolute Gasteiger partial charge is 0.302 e. The lowest BCUT2D eigenvalue weighted by Gasteiger charge is -2.29. The van der Waals surface area contributed by atoms with Crippen molar-refractivity contribution in [2.75, 3.05) is 11.9 Å². The number of hydrogen-bond acceptors (Lipinski definition) is 10. The third kappa shape index (κ3) is 7.12. The standard InChI is InChI=1S/C32H39N5O7S2/c1-20(38)44-23-16-26-28(39)35-32(30(41)36-46(42,43)24-14-15-24)17-22(32)12-8-3-2-4-9-13-25(29(40)37(26)19-23)34-31-33-18-27(45-31)21-10-6-5-7-11-21/h5-8,10-12,18,22-26H,2-4,9,13-17,19H2,1H3,(H,33,34)(H,35,39)(H,36,41)/b12-8-/t22-,23-,25+,26+,32-/m1/s1. The summed E-state index contributed by atoms with van der Waals surface area (Å²) in [7, 11) is -3.84. The van der Waals surface area contributed by atoms with Crippen LogP contribution in [0.4, 0.5) is 5.13 Å². The van der Waals surface area contributed by atoms with Crippen LogP contribution in [0.25, 0.3) is 10.4 Å². The summed E-state index contributed by atoms with van der Waals surface area (Å²) in [5, 5.41) is 6.12. The van der Waals surface area contributed by atoms with Gasteiger partial charge in [0.15, 0.2) is 5.13 Å². The number of ether oxygens (including phenoxy) is 1. The van der Waals surface area contributed by atoms with Crippen molar-refractivity contribution in [1.29, 1.82) is 0 Å². The Morgan fingerprint density at radius 1 is 1.11 bits per heavy atom. The van der Waals surface area contributed by atoms with Gasteiger partial charge in [-0.1, -0.05) is 66.7 Å². The fraction of sp³-hybridized carbons (Fsp3) is 0.531. The average molecular weight is 670 g/mol. The third-order valence-corrected chi connectivity index (χ3v) is 11.8. The van der Waals surface area contributed by atoms with E-state index in [1.54, 1.807) is 6.20 Å². The van der Waals surface area contributed by atoms with Crippen molar-refractivity contribution in [3.8, 4) is 10.4 Å². The van der Waals surface area contributed by atoms with Gasteiger partial charge in [-0.15, -0.1) is 0 Å². The Morgan fingerprint density at radius 2 is 1.89 bits per heavy atom. The quantitative estimate of drug-likeness (QED) is 0.297. The van der Waals surface area contributed by atoms with Crippen molar-refractivity contribution < 1.29 is 32.3 Å². The average Bonchev–Trinajstić information content (AvgIpc) is 3.90. The van der Waals surface area contributed by atoms with Crippen LogP contribution in [-0.2, 0) is 33.9 Å². The second-order valence-electron chi connectivity index (χ2n) is 12.6. The molecule has 0 radical (unpaired) electrons. The summed E-state index contributed by atoms with van der Waals surface area (Å²) >= 11 is 1.43. The van der Waals surface area contributed by atoms with E-state index in [1.165, 1.54) is 23.2 Å². The van der Waals surface area contributed by atoms with E-state index in [1.807, 2.05) is 42.5 Å². The molecule has 4 aliphatic rings. The molecule has 2 aliphatic carbocycles. The van der Waals surface area contributed by atoms with Gasteiger partial charge in [-0.05, 0) is 44.1 Å². The molecule has 2 aliphatic heterocycles. The SMILES string of the molecule is CC(=O)O[C@@H]1C[C@H]2C(=O)N[C@]3(C(=O)NS(=O)(=O)C4CC4)C[C@H]3/C=C\CCCCC[C@H](Nc3ncc(-c4ccccc4)s3)C(=O)N2C1. The number of nitrogens with zero attached hydrogens (tertiary/aromatic N) is 2. The minimum absolute atomic E-state index is 0.0143. The van der Waals surface area contributed by atoms with Crippen LogP contribution in [0.3, 0.4) is 0 Å². The van der Waals surface area contributed by atoms with Gasteiger partial charge in [0.25, 0.3) is 5.91 Å². The molecular weight excluding hydrogens is 631 g/mol. The van der Waals surface area contributed by atoms with Crippen LogP contribution in [-0.4, -0.2) is 77.5 Å². The number of aromatic nitrogens is 1. The van der Waals surface area contributed by atoms with E-state index < -0.39 is 56.8 Å². The highest BCUT2D eigenvalue weighted by Gasteiger charge is 2.62. The predicted octanol–water partition coefficient (Wildman–Crippen LogP) is 3.13. The van der Waals surface area contributed by atoms with Crippen molar-refractivity contribution >= 4 is 50.2 Å². The van der Waals surface area contributed by atoms with Gasteiger partial charge in [0.2, 0.25) is 21.8 Å². The zero-order valence-electron chi connectivity index (χ0n) is 25.6. The second kappa shape index (κ2) is 13.1. The lowest BCUT2D eigenvalue weighted by molar-refractivity contribution is -0.146. The first-order valence-corrected chi connectivity index (χ1v) is 18.2. The molecular formula is C32H39N5O7S2. The zero-order valence-corrected chi connectivity index (χ0v) is 27.3. The Balaban J connectivity index is 1.26. The number of carbonyl (C=O) groups is 4. The van der Waals surface area contributed by atoms with Gasteiger partial charge < -0.3 is 20.3 Å². The van der Waals surface area contributed by atoms with Crippen LogP contribution < -0.4 is 15.4 Å². The van der Waals surface area contributed by atoms with Crippen LogP contribution in [0, 0.1) is 5.92 Å². The van der Waals surface area contributed by atoms with E-state index in [2.05, 4.69) is 20.3 Å². The van der Waals surface area contributed by atoms with Crippen LogP contribution in [0.2, 0.25) is 0 Å². The first-order valence-electron chi connectivity index (χ1n) is 15.9. The van der Waals surface area contributed by atoms with Crippen molar-refractivity contribution in [3.05, 3.63) is 48.7 Å². The van der Waals surface area contributed by atoms with E-state index in [4.69, 9.17) is 4.74 Å². The number of amides is 3. The Hall–Kier alpha value is -3.78.